The van der Waals surface area contributed by atoms with Crippen LogP contribution in [0.4, 0.5) is 0 Å². The van der Waals surface area contributed by atoms with E-state index in [4.69, 9.17) is 0 Å². The Bertz CT molecular complexity index is 421. The molecule has 122 valence electrons. The zero-order valence-electron chi connectivity index (χ0n) is 15.4. The second kappa shape index (κ2) is 8.96. The van der Waals surface area contributed by atoms with Crippen LogP contribution >= 0.6 is 11.3 Å². The van der Waals surface area contributed by atoms with Crippen LogP contribution in [0.1, 0.15) is 51.0 Å². The Morgan fingerprint density at radius 3 is 1.90 bits per heavy atom. The molecule has 0 aliphatic rings. The summed E-state index contributed by atoms with van der Waals surface area (Å²) in [4.78, 5) is 15.5. The van der Waals surface area contributed by atoms with E-state index in [1.165, 1.54) is 44.9 Å². The molecule has 1 rings (SSSR count). The molecule has 0 saturated carbocycles. The van der Waals surface area contributed by atoms with Gasteiger partial charge in [-0.05, 0) is 0 Å². The fourth-order valence-electron chi connectivity index (χ4n) is 2.71. The van der Waals surface area contributed by atoms with Crippen LogP contribution in [-0.2, 0) is 6.42 Å². The van der Waals surface area contributed by atoms with Crippen LogP contribution in [0, 0.1) is 0 Å². The maximum atomic E-state index is 2.64. The Labute approximate surface area is 145 Å². The maximum absolute atomic E-state index is 2.64. The van der Waals surface area contributed by atoms with Crippen molar-refractivity contribution >= 4 is 53.9 Å². The van der Waals surface area contributed by atoms with Gasteiger partial charge in [-0.2, -0.15) is 0 Å². The molecule has 3 heteroatoms. The Kier molecular flexibility index (Phi) is 8.68. The van der Waals surface area contributed by atoms with E-state index in [-0.39, 0.29) is 0 Å². The Morgan fingerprint density at radius 2 is 1.38 bits per heavy atom. The van der Waals surface area contributed by atoms with Crippen molar-refractivity contribution in [1.82, 2.24) is 0 Å². The van der Waals surface area contributed by atoms with Crippen molar-refractivity contribution in [3.8, 4) is 0 Å². The van der Waals surface area contributed by atoms with E-state index in [0.29, 0.717) is 0 Å². The number of hydrogen-bond donors (Lipinski definition) is 0. The first-order valence-electron chi connectivity index (χ1n) is 8.80. The van der Waals surface area contributed by atoms with Crippen LogP contribution < -0.4 is 5.79 Å². The van der Waals surface area contributed by atoms with E-state index in [0.717, 1.165) is 0 Å². The molecule has 0 aliphatic heterocycles. The molecule has 0 spiro atoms. The van der Waals surface area contributed by atoms with Crippen LogP contribution in [0.5, 0.6) is 0 Å². The molecular weight excluding hydrogens is 486 g/mol. The van der Waals surface area contributed by atoms with Gasteiger partial charge in [-0.25, -0.2) is 0 Å². The quantitative estimate of drug-likeness (QED) is 0.287. The van der Waals surface area contributed by atoms with Crippen LogP contribution in [-0.4, -0.2) is 36.8 Å². The summed E-state index contributed by atoms with van der Waals surface area (Å²) in [6, 6.07) is 2.64. The van der Waals surface area contributed by atoms with Crippen LogP contribution in [0.2, 0.25) is 29.6 Å². The van der Waals surface area contributed by atoms with Gasteiger partial charge in [-0.1, -0.05) is 0 Å². The predicted molar refractivity (Wildman–Crippen MR) is 107 cm³/mol. The second-order valence-electron chi connectivity index (χ2n) is 8.48. The molecule has 1 heterocycles. The zero-order chi connectivity index (χ0) is 16.1. The molecule has 0 radical (unpaired) electrons. The molecule has 0 saturated heterocycles. The molecule has 0 aromatic carbocycles. The molecule has 0 fully saturated rings. The van der Waals surface area contributed by atoms with Crippen molar-refractivity contribution in [2.24, 2.45) is 0 Å². The number of thiophene rings is 1. The summed E-state index contributed by atoms with van der Waals surface area (Å²) < 4.78 is 3.69. The zero-order valence-corrected chi connectivity index (χ0v) is 22.0. The third-order valence-electron chi connectivity index (χ3n) is 4.03. The van der Waals surface area contributed by atoms with Gasteiger partial charge in [0.05, 0.1) is 0 Å². The third kappa shape index (κ3) is 7.15. The second-order valence-corrected chi connectivity index (χ2v) is 40.3. The van der Waals surface area contributed by atoms with Gasteiger partial charge in [-0.3, -0.25) is 0 Å². The minimum atomic E-state index is -1.92. The van der Waals surface area contributed by atoms with Gasteiger partial charge in [0.1, 0.15) is 0 Å². The number of rotatable bonds is 9. The Hall–Kier alpha value is 1.30. The van der Waals surface area contributed by atoms with Crippen molar-refractivity contribution in [1.29, 1.82) is 0 Å². The van der Waals surface area contributed by atoms with E-state index < -0.39 is 36.8 Å². The van der Waals surface area contributed by atoms with Crippen LogP contribution in [0.15, 0.2) is 6.07 Å². The van der Waals surface area contributed by atoms with E-state index >= 15 is 0 Å². The molecule has 0 nitrogen and oxygen atoms in total. The normalized spacial score (nSPS) is 12.9. The fraction of sp³-hybridized carbons (Fsp3) is 0.778. The van der Waals surface area contributed by atoms with Gasteiger partial charge in [0.25, 0.3) is 0 Å². The van der Waals surface area contributed by atoms with Crippen molar-refractivity contribution < 1.29 is 0 Å². The van der Waals surface area contributed by atoms with E-state index in [2.05, 4.69) is 54.0 Å². The summed E-state index contributed by atoms with van der Waals surface area (Å²) >= 11 is -1.57. The SMILES string of the molecule is CCCCCCCCc1c[c]([Sn]([CH3])([CH3])[CH3])s[c]1[Sn]([CH3])([CH3])[CH3]. The van der Waals surface area contributed by atoms with Crippen molar-refractivity contribution in [2.75, 3.05) is 0 Å². The van der Waals surface area contributed by atoms with Gasteiger partial charge >= 0.3 is 147 Å². The summed E-state index contributed by atoms with van der Waals surface area (Å²) in [5, 5.41) is 0. The summed E-state index contributed by atoms with van der Waals surface area (Å²) in [7, 11) is 0. The first kappa shape index (κ1) is 20.3. The summed E-state index contributed by atoms with van der Waals surface area (Å²) in [5.41, 5.74) is 1.76. The molecule has 21 heavy (non-hydrogen) atoms. The van der Waals surface area contributed by atoms with Gasteiger partial charge in [0.15, 0.2) is 0 Å². The van der Waals surface area contributed by atoms with Gasteiger partial charge in [0, 0.05) is 0 Å². The van der Waals surface area contributed by atoms with Gasteiger partial charge in [0.2, 0.25) is 0 Å². The average molecular weight is 522 g/mol. The number of unbranched alkanes of at least 4 members (excludes halogenated alkanes) is 5. The van der Waals surface area contributed by atoms with Crippen molar-refractivity contribution in [2.45, 2.75) is 81.5 Å². The summed E-state index contributed by atoms with van der Waals surface area (Å²) in [6.07, 6.45) is 9.86. The molecule has 0 unspecified atom stereocenters. The number of hydrogen-bond acceptors (Lipinski definition) is 1. The summed E-state index contributed by atoms with van der Waals surface area (Å²) in [5.74, 6) is 0. The standard InChI is InChI=1S/C12H18S.6CH3.2Sn/c1-2-3-4-5-6-7-8-12-9-10-13-11-12;;;;;;;;/h9H,2-8H2,1H3;6*1H3;;. The average Bonchev–Trinajstić information content (AvgIpc) is 2.77. The predicted octanol–water partition coefficient (Wildman–Crippen LogP) is 5.74. The monoisotopic (exact) mass is 524 g/mol. The number of aryl methyl sites for hydroxylation is 1. The molecule has 0 amide bonds. The van der Waals surface area contributed by atoms with Crippen molar-refractivity contribution in [3.63, 3.8) is 0 Å². The molecule has 0 aliphatic carbocycles. The minimum absolute atomic E-state index is 1.36. The molecule has 1 aromatic heterocycles. The van der Waals surface area contributed by atoms with Crippen LogP contribution in [0.3, 0.4) is 0 Å². The molecule has 0 bridgehead atoms. The van der Waals surface area contributed by atoms with Gasteiger partial charge < -0.3 is 0 Å². The molecule has 0 N–H and O–H groups in total. The van der Waals surface area contributed by atoms with Crippen molar-refractivity contribution in [3.05, 3.63) is 11.6 Å². The first-order valence-corrected chi connectivity index (χ1v) is 29.6. The van der Waals surface area contributed by atoms with Crippen LogP contribution in [0.25, 0.3) is 0 Å². The topological polar surface area (TPSA) is 0 Å². The molecule has 1 aromatic rings. The van der Waals surface area contributed by atoms with E-state index in [1.54, 1.807) is 5.56 Å². The molecular formula is C18H36SSn2. The Morgan fingerprint density at radius 1 is 0.810 bits per heavy atom. The fourth-order valence-corrected chi connectivity index (χ4v) is 18.6. The third-order valence-corrected chi connectivity index (χ3v) is 24.2. The molecule has 0 atom stereocenters. The Balaban J connectivity index is 2.69. The first-order chi connectivity index (χ1) is 9.66. The summed E-state index contributed by atoms with van der Waals surface area (Å²) in [6.45, 7) is 2.30. The van der Waals surface area contributed by atoms with E-state index in [1.807, 2.05) is 5.79 Å². The van der Waals surface area contributed by atoms with Gasteiger partial charge in [-0.15, -0.1) is 0 Å². The van der Waals surface area contributed by atoms with E-state index in [9.17, 15) is 0 Å².